The van der Waals surface area contributed by atoms with Gasteiger partial charge < -0.3 is 20.5 Å². The number of carbonyl (C=O) groups is 2. The highest BCUT2D eigenvalue weighted by molar-refractivity contribution is 6.07. The van der Waals surface area contributed by atoms with Crippen molar-refractivity contribution in [2.75, 3.05) is 27.3 Å². The smallest absolute Gasteiger partial charge is 0.325 e. The highest BCUT2D eigenvalue weighted by atomic mass is 16.5. The number of rotatable bonds is 6. The summed E-state index contributed by atoms with van der Waals surface area (Å²) in [6, 6.07) is 4.73. The molecule has 7 heteroatoms. The summed E-state index contributed by atoms with van der Waals surface area (Å²) in [4.78, 5) is 26.1. The first-order valence-electron chi connectivity index (χ1n) is 7.10. The predicted octanol–water partition coefficient (Wildman–Crippen LogP) is 0.820. The van der Waals surface area contributed by atoms with Gasteiger partial charge >= 0.3 is 6.03 Å². The van der Waals surface area contributed by atoms with Gasteiger partial charge in [0.1, 0.15) is 17.0 Å². The van der Waals surface area contributed by atoms with E-state index in [1.807, 2.05) is 6.92 Å². The quantitative estimate of drug-likeness (QED) is 0.759. The number of nitrogens with zero attached hydrogens (tertiary/aromatic N) is 1. The van der Waals surface area contributed by atoms with Crippen molar-refractivity contribution in [3.63, 3.8) is 0 Å². The number of nitrogens with two attached hydrogens (primary N) is 1. The van der Waals surface area contributed by atoms with Gasteiger partial charge in [-0.05, 0) is 24.6 Å². The summed E-state index contributed by atoms with van der Waals surface area (Å²) in [5.74, 6) is 0.783. The molecule has 0 spiro atoms. The van der Waals surface area contributed by atoms with E-state index in [-0.39, 0.29) is 19.0 Å². The molecule has 1 heterocycles. The van der Waals surface area contributed by atoms with Gasteiger partial charge in [-0.3, -0.25) is 9.69 Å². The van der Waals surface area contributed by atoms with Crippen LogP contribution in [0.4, 0.5) is 4.79 Å². The Kier molecular flexibility index (Phi) is 4.56. The zero-order valence-corrected chi connectivity index (χ0v) is 13.0. The van der Waals surface area contributed by atoms with Gasteiger partial charge in [-0.2, -0.15) is 0 Å². The summed E-state index contributed by atoms with van der Waals surface area (Å²) in [5.41, 5.74) is 4.90. The first kappa shape index (κ1) is 16.1. The van der Waals surface area contributed by atoms with E-state index >= 15 is 0 Å². The van der Waals surface area contributed by atoms with Crippen LogP contribution in [0.2, 0.25) is 0 Å². The monoisotopic (exact) mass is 307 g/mol. The van der Waals surface area contributed by atoms with Crippen molar-refractivity contribution in [3.05, 3.63) is 23.8 Å². The number of hydrogen-bond donors (Lipinski definition) is 2. The van der Waals surface area contributed by atoms with Gasteiger partial charge in [-0.25, -0.2) is 4.79 Å². The summed E-state index contributed by atoms with van der Waals surface area (Å²) in [6.45, 7) is 2.23. The second-order valence-electron chi connectivity index (χ2n) is 5.00. The number of urea groups is 1. The van der Waals surface area contributed by atoms with E-state index in [1.165, 1.54) is 7.11 Å². The molecule has 22 heavy (non-hydrogen) atoms. The van der Waals surface area contributed by atoms with Crippen LogP contribution in [0.3, 0.4) is 0 Å². The molecular formula is C15H21N3O4. The average molecular weight is 307 g/mol. The van der Waals surface area contributed by atoms with Crippen molar-refractivity contribution in [3.8, 4) is 11.5 Å². The maximum Gasteiger partial charge on any atom is 0.325 e. The number of amides is 3. The van der Waals surface area contributed by atoms with Gasteiger partial charge in [-0.15, -0.1) is 0 Å². The molecule has 0 radical (unpaired) electrons. The van der Waals surface area contributed by atoms with E-state index in [0.29, 0.717) is 23.5 Å². The second-order valence-corrected chi connectivity index (χ2v) is 5.00. The summed E-state index contributed by atoms with van der Waals surface area (Å²) in [6.07, 6.45) is 0.391. The predicted molar refractivity (Wildman–Crippen MR) is 80.8 cm³/mol. The minimum Gasteiger partial charge on any atom is -0.497 e. The Labute approximate surface area is 129 Å². The third kappa shape index (κ3) is 2.37. The van der Waals surface area contributed by atoms with Crippen LogP contribution in [0.1, 0.15) is 18.9 Å². The number of hydrogen-bond acceptors (Lipinski definition) is 5. The van der Waals surface area contributed by atoms with Crippen LogP contribution in [0, 0.1) is 0 Å². The lowest BCUT2D eigenvalue weighted by molar-refractivity contribution is -0.131. The zero-order valence-electron chi connectivity index (χ0n) is 13.0. The Morgan fingerprint density at radius 3 is 2.55 bits per heavy atom. The zero-order chi connectivity index (χ0) is 16.3. The number of ether oxygens (including phenoxy) is 2. The normalized spacial score (nSPS) is 21.0. The Hall–Kier alpha value is -2.28. The SMILES string of the molecule is CCC1(c2cc(OC)ccc2OC)NC(=O)N(CCN)C1=O. The van der Waals surface area contributed by atoms with E-state index in [0.717, 1.165) is 4.90 Å². The minimum atomic E-state index is -1.16. The van der Waals surface area contributed by atoms with E-state index in [2.05, 4.69) is 5.32 Å². The molecule has 3 N–H and O–H groups in total. The molecular weight excluding hydrogens is 286 g/mol. The minimum absolute atomic E-state index is 0.179. The highest BCUT2D eigenvalue weighted by Crippen LogP contribution is 2.39. The summed E-state index contributed by atoms with van der Waals surface area (Å²) < 4.78 is 10.6. The largest absolute Gasteiger partial charge is 0.497 e. The van der Waals surface area contributed by atoms with E-state index < -0.39 is 11.6 Å². The summed E-state index contributed by atoms with van der Waals surface area (Å²) in [7, 11) is 3.06. The Balaban J connectivity index is 2.56. The maximum atomic E-state index is 12.8. The fraction of sp³-hybridized carbons (Fsp3) is 0.467. The molecule has 1 atom stereocenters. The molecule has 1 aliphatic heterocycles. The molecule has 120 valence electrons. The molecule has 1 fully saturated rings. The lowest BCUT2D eigenvalue weighted by Crippen LogP contribution is -2.44. The molecule has 0 aromatic heterocycles. The number of imide groups is 1. The molecule has 1 aliphatic rings. The van der Waals surface area contributed by atoms with Gasteiger partial charge in [0, 0.05) is 18.7 Å². The van der Waals surface area contributed by atoms with Crippen molar-refractivity contribution < 1.29 is 19.1 Å². The van der Waals surface area contributed by atoms with Gasteiger partial charge in [0.15, 0.2) is 0 Å². The third-order valence-electron chi connectivity index (χ3n) is 3.93. The molecule has 1 unspecified atom stereocenters. The van der Waals surface area contributed by atoms with Gasteiger partial charge in [0.25, 0.3) is 5.91 Å². The lowest BCUT2D eigenvalue weighted by Gasteiger charge is -2.27. The van der Waals surface area contributed by atoms with Crippen molar-refractivity contribution in [1.29, 1.82) is 0 Å². The van der Waals surface area contributed by atoms with Crippen LogP contribution >= 0.6 is 0 Å². The molecule has 7 nitrogen and oxygen atoms in total. The van der Waals surface area contributed by atoms with Crippen molar-refractivity contribution >= 4 is 11.9 Å². The molecule has 0 bridgehead atoms. The molecule has 1 aromatic rings. The van der Waals surface area contributed by atoms with Crippen molar-refractivity contribution in [1.82, 2.24) is 10.2 Å². The average Bonchev–Trinajstić information content (AvgIpc) is 2.79. The number of carbonyl (C=O) groups excluding carboxylic acids is 2. The Morgan fingerprint density at radius 2 is 2.00 bits per heavy atom. The van der Waals surface area contributed by atoms with Crippen LogP contribution in [-0.4, -0.2) is 44.1 Å². The van der Waals surface area contributed by atoms with Gasteiger partial charge in [0.05, 0.1) is 14.2 Å². The Bertz CT molecular complexity index is 590. The Morgan fingerprint density at radius 1 is 1.27 bits per heavy atom. The van der Waals surface area contributed by atoms with E-state index in [9.17, 15) is 9.59 Å². The number of benzene rings is 1. The second kappa shape index (κ2) is 6.23. The van der Waals surface area contributed by atoms with E-state index in [4.69, 9.17) is 15.2 Å². The molecule has 1 saturated heterocycles. The molecule has 2 rings (SSSR count). The van der Waals surface area contributed by atoms with Gasteiger partial charge in [-0.1, -0.05) is 6.92 Å². The van der Waals surface area contributed by atoms with Crippen LogP contribution in [0.5, 0.6) is 11.5 Å². The third-order valence-corrected chi connectivity index (χ3v) is 3.93. The van der Waals surface area contributed by atoms with Gasteiger partial charge in [0.2, 0.25) is 0 Å². The highest BCUT2D eigenvalue weighted by Gasteiger charge is 2.52. The topological polar surface area (TPSA) is 93.9 Å². The summed E-state index contributed by atoms with van der Waals surface area (Å²) >= 11 is 0. The van der Waals surface area contributed by atoms with Crippen molar-refractivity contribution in [2.24, 2.45) is 5.73 Å². The molecule has 0 saturated carbocycles. The fourth-order valence-corrected chi connectivity index (χ4v) is 2.72. The van der Waals surface area contributed by atoms with E-state index in [1.54, 1.807) is 25.3 Å². The van der Waals surface area contributed by atoms with Crippen LogP contribution in [0.25, 0.3) is 0 Å². The molecule has 0 aliphatic carbocycles. The van der Waals surface area contributed by atoms with Crippen LogP contribution < -0.4 is 20.5 Å². The maximum absolute atomic E-state index is 12.8. The molecule has 1 aromatic carbocycles. The number of nitrogens with one attached hydrogen (secondary N) is 1. The lowest BCUT2D eigenvalue weighted by atomic mass is 9.86. The molecule has 3 amide bonds. The first-order valence-corrected chi connectivity index (χ1v) is 7.10. The fourth-order valence-electron chi connectivity index (χ4n) is 2.72. The summed E-state index contributed by atoms with van der Waals surface area (Å²) in [5, 5.41) is 2.79. The van der Waals surface area contributed by atoms with Crippen molar-refractivity contribution in [2.45, 2.75) is 18.9 Å². The van der Waals surface area contributed by atoms with Crippen LogP contribution in [-0.2, 0) is 10.3 Å². The first-order chi connectivity index (χ1) is 10.5. The standard InChI is InChI=1S/C15H21N3O4/c1-4-15(13(19)18(8-7-16)14(20)17-15)11-9-10(21-2)5-6-12(11)22-3/h5-6,9H,4,7-8,16H2,1-3H3,(H,17,20). The van der Waals surface area contributed by atoms with Crippen LogP contribution in [0.15, 0.2) is 18.2 Å². The number of methoxy groups -OCH3 is 2.